The van der Waals surface area contributed by atoms with E-state index in [1.165, 1.54) is 0 Å². The monoisotopic (exact) mass is 624 g/mol. The SMILES string of the molecule is Clc1cc(Cl)c([O][Sb]([c]2ccccc2)([c]2ccccc2)([c]2ccccc2)[c]2ccccc2)c(Cl)c1. The van der Waals surface area contributed by atoms with Crippen LogP contribution in [0.1, 0.15) is 0 Å². The van der Waals surface area contributed by atoms with Crippen molar-refractivity contribution < 1.29 is 3.02 Å². The Hall–Kier alpha value is -2.41. The van der Waals surface area contributed by atoms with Crippen molar-refractivity contribution in [2.24, 2.45) is 0 Å². The number of hydrogen-bond acceptors (Lipinski definition) is 1. The molecule has 0 spiro atoms. The second-order valence-corrected chi connectivity index (χ2v) is 21.7. The summed E-state index contributed by atoms with van der Waals surface area (Å²) in [5.74, 6) is 0.431. The zero-order valence-corrected chi connectivity index (χ0v) is 23.5. The summed E-state index contributed by atoms with van der Waals surface area (Å²) >= 11 is 14.7. The van der Waals surface area contributed by atoms with E-state index in [1.54, 1.807) is 12.1 Å². The number of halogens is 3. The Balaban J connectivity index is 2.05. The first-order valence-corrected chi connectivity index (χ1v) is 18.4. The molecule has 0 atom stereocenters. The molecule has 5 heteroatoms. The van der Waals surface area contributed by atoms with Crippen LogP contribution in [-0.2, 0) is 0 Å². The maximum atomic E-state index is 7.53. The molecule has 0 saturated heterocycles. The van der Waals surface area contributed by atoms with E-state index in [2.05, 4.69) is 97.1 Å². The van der Waals surface area contributed by atoms with Gasteiger partial charge in [-0.3, -0.25) is 0 Å². The minimum atomic E-state index is -5.12. The molecular weight excluding hydrogens is 604 g/mol. The summed E-state index contributed by atoms with van der Waals surface area (Å²) in [6.45, 7) is 0. The van der Waals surface area contributed by atoms with Crippen LogP contribution in [0, 0.1) is 0 Å². The summed E-state index contributed by atoms with van der Waals surface area (Å²) in [6.07, 6.45) is 0. The van der Waals surface area contributed by atoms with E-state index in [9.17, 15) is 0 Å². The third kappa shape index (κ3) is 3.96. The Kier molecular flexibility index (Phi) is 6.88. The second-order valence-electron chi connectivity index (χ2n) is 8.17. The molecule has 0 amide bonds. The van der Waals surface area contributed by atoms with Gasteiger partial charge in [0, 0.05) is 0 Å². The summed E-state index contributed by atoms with van der Waals surface area (Å²) in [5.41, 5.74) is 0. The average molecular weight is 627 g/mol. The van der Waals surface area contributed by atoms with E-state index in [4.69, 9.17) is 37.8 Å². The molecule has 0 heterocycles. The first-order valence-electron chi connectivity index (χ1n) is 11.1. The van der Waals surface area contributed by atoms with Crippen molar-refractivity contribution >= 4 is 66.7 Å². The summed E-state index contributed by atoms with van der Waals surface area (Å²) in [5, 5.41) is 1.21. The van der Waals surface area contributed by atoms with Crippen LogP contribution in [0.2, 0.25) is 15.1 Å². The molecule has 0 aliphatic carbocycles. The molecule has 0 radical (unpaired) electrons. The van der Waals surface area contributed by atoms with Crippen LogP contribution in [0.4, 0.5) is 0 Å². The summed E-state index contributed by atoms with van der Waals surface area (Å²) in [7, 11) is 0. The fraction of sp³-hybridized carbons (Fsp3) is 0. The fourth-order valence-corrected chi connectivity index (χ4v) is 22.3. The van der Waals surface area contributed by atoms with Gasteiger partial charge in [0.25, 0.3) is 0 Å². The van der Waals surface area contributed by atoms with Crippen molar-refractivity contribution in [1.82, 2.24) is 0 Å². The van der Waals surface area contributed by atoms with Crippen LogP contribution in [0.15, 0.2) is 133 Å². The number of hydrogen-bond donors (Lipinski definition) is 0. The van der Waals surface area contributed by atoms with Crippen molar-refractivity contribution in [3.63, 3.8) is 0 Å². The van der Waals surface area contributed by atoms with Crippen LogP contribution in [0.5, 0.6) is 5.75 Å². The minimum absolute atomic E-state index is 0.374. The van der Waals surface area contributed by atoms with E-state index in [-0.39, 0.29) is 0 Å². The molecule has 5 aromatic carbocycles. The van der Waals surface area contributed by atoms with Crippen molar-refractivity contribution in [1.29, 1.82) is 0 Å². The molecule has 1 nitrogen and oxygen atoms in total. The molecule has 0 aliphatic heterocycles. The first kappa shape index (κ1) is 24.3. The topological polar surface area (TPSA) is 9.23 Å². The van der Waals surface area contributed by atoms with Crippen LogP contribution in [0.3, 0.4) is 0 Å². The Morgan fingerprint density at radius 1 is 0.429 bits per heavy atom. The zero-order chi connectivity index (χ0) is 24.3. The van der Waals surface area contributed by atoms with Crippen molar-refractivity contribution in [3.05, 3.63) is 149 Å². The Labute approximate surface area is 222 Å². The molecule has 174 valence electrons. The molecule has 0 aromatic heterocycles. The molecule has 0 aliphatic rings. The maximum absolute atomic E-state index is 7.53. The third-order valence-electron chi connectivity index (χ3n) is 6.23. The van der Waals surface area contributed by atoms with Gasteiger partial charge in [0.15, 0.2) is 0 Å². The number of rotatable bonds is 6. The predicted octanol–water partition coefficient (Wildman–Crippen LogP) is 6.55. The van der Waals surface area contributed by atoms with Gasteiger partial charge in [0.05, 0.1) is 0 Å². The normalized spacial score (nSPS) is 12.5. The van der Waals surface area contributed by atoms with E-state index in [1.807, 2.05) is 24.3 Å². The van der Waals surface area contributed by atoms with Crippen LogP contribution in [0.25, 0.3) is 0 Å². The van der Waals surface area contributed by atoms with Gasteiger partial charge >= 0.3 is 224 Å². The van der Waals surface area contributed by atoms with E-state index >= 15 is 0 Å². The quantitative estimate of drug-likeness (QED) is 0.194. The van der Waals surface area contributed by atoms with E-state index < -0.39 is 17.8 Å². The Morgan fingerprint density at radius 3 is 1.00 bits per heavy atom. The van der Waals surface area contributed by atoms with Gasteiger partial charge in [-0.2, -0.15) is 0 Å². The van der Waals surface area contributed by atoms with Crippen LogP contribution in [-0.4, -0.2) is 17.8 Å². The summed E-state index contributed by atoms with van der Waals surface area (Å²) < 4.78 is 11.9. The van der Waals surface area contributed by atoms with Gasteiger partial charge in [-0.25, -0.2) is 0 Å². The average Bonchev–Trinajstić information content (AvgIpc) is 2.91. The molecule has 0 fully saturated rings. The summed E-state index contributed by atoms with van der Waals surface area (Å²) in [4.78, 5) is 0. The Bertz CT molecular complexity index is 1250. The van der Waals surface area contributed by atoms with E-state index in [0.29, 0.717) is 20.8 Å². The van der Waals surface area contributed by atoms with E-state index in [0.717, 1.165) is 14.0 Å². The number of benzene rings is 5. The fourth-order valence-electron chi connectivity index (χ4n) is 4.75. The van der Waals surface area contributed by atoms with Crippen LogP contribution >= 0.6 is 34.8 Å². The molecule has 5 aromatic rings. The Morgan fingerprint density at radius 2 is 0.714 bits per heavy atom. The molecule has 0 N–H and O–H groups in total. The second kappa shape index (κ2) is 9.92. The van der Waals surface area contributed by atoms with Crippen molar-refractivity contribution in [2.75, 3.05) is 0 Å². The molecule has 35 heavy (non-hydrogen) atoms. The van der Waals surface area contributed by atoms with Gasteiger partial charge < -0.3 is 0 Å². The van der Waals surface area contributed by atoms with Gasteiger partial charge in [0.1, 0.15) is 0 Å². The summed E-state index contributed by atoms with van der Waals surface area (Å²) in [6, 6.07) is 45.2. The molecular formula is C30H22Cl3OSb. The van der Waals surface area contributed by atoms with Gasteiger partial charge in [-0.1, -0.05) is 0 Å². The molecule has 0 unspecified atom stereocenters. The molecule has 0 bridgehead atoms. The molecule has 5 rings (SSSR count). The van der Waals surface area contributed by atoms with Gasteiger partial charge in [0.2, 0.25) is 0 Å². The first-order chi connectivity index (χ1) is 17.1. The predicted molar refractivity (Wildman–Crippen MR) is 152 cm³/mol. The molecule has 0 saturated carbocycles. The van der Waals surface area contributed by atoms with Gasteiger partial charge in [-0.05, 0) is 0 Å². The van der Waals surface area contributed by atoms with Gasteiger partial charge in [-0.15, -0.1) is 0 Å². The standard InChI is InChI=1S/C6H3Cl3O.4C6H5.Sb/c7-3-1-4(8)6(10)5(9)2-3;4*1-2-4-6-5-3-1;/h1-2,10H;4*1-5H;/q;;;;;+1/p-1. The van der Waals surface area contributed by atoms with Crippen molar-refractivity contribution in [3.8, 4) is 5.75 Å². The zero-order valence-electron chi connectivity index (χ0n) is 18.7. The third-order valence-corrected chi connectivity index (χ3v) is 23.2. The van der Waals surface area contributed by atoms with Crippen LogP contribution < -0.4 is 17.1 Å². The van der Waals surface area contributed by atoms with Crippen molar-refractivity contribution in [2.45, 2.75) is 0 Å².